The zero-order chi connectivity index (χ0) is 15.2. The Balaban J connectivity index is 2.39. The summed E-state index contributed by atoms with van der Waals surface area (Å²) in [6, 6.07) is 8.70. The molecule has 0 aliphatic carbocycles. The highest BCUT2D eigenvalue weighted by Gasteiger charge is 2.22. The molecular weight excluding hydrogens is 360 g/mol. The second-order valence-corrected chi connectivity index (χ2v) is 6.24. The van der Waals surface area contributed by atoms with Gasteiger partial charge in [0, 0.05) is 14.9 Å². The Hall–Kier alpha value is -0.980. The molecule has 0 saturated carbocycles. The van der Waals surface area contributed by atoms with E-state index in [2.05, 4.69) is 32.9 Å². The Morgan fingerprint density at radius 2 is 2.05 bits per heavy atom. The summed E-state index contributed by atoms with van der Waals surface area (Å²) in [4.78, 5) is 1.05. The van der Waals surface area contributed by atoms with E-state index in [4.69, 9.17) is 0 Å². The molecule has 21 heavy (non-hydrogen) atoms. The maximum absolute atomic E-state index is 12.6. The molecule has 1 heterocycles. The van der Waals surface area contributed by atoms with Crippen molar-refractivity contribution in [1.82, 2.24) is 5.32 Å². The lowest BCUT2D eigenvalue weighted by atomic mass is 10.0. The minimum atomic E-state index is -2.83. The third-order valence-corrected chi connectivity index (χ3v) is 4.89. The van der Waals surface area contributed by atoms with Gasteiger partial charge in [-0.2, -0.15) is 8.78 Å². The molecule has 0 bridgehead atoms. The van der Waals surface area contributed by atoms with Crippen LogP contribution in [-0.4, -0.2) is 13.2 Å². The molecule has 1 N–H and O–H groups in total. The van der Waals surface area contributed by atoms with Gasteiger partial charge in [-0.1, -0.05) is 25.1 Å². The first kappa shape index (κ1) is 16.4. The normalized spacial score (nSPS) is 12.6. The summed E-state index contributed by atoms with van der Waals surface area (Å²) in [6.07, 6.45) is 0.956. The first-order valence-corrected chi connectivity index (χ1v) is 8.30. The SMILES string of the molecule is CCCNC(c1ccccc1OC(F)F)c1sccc1Br. The molecule has 0 aliphatic rings. The standard InChI is InChI=1S/C15H16BrF2NOS/c1-2-8-19-13(14-11(16)7-9-21-14)10-5-3-4-6-12(10)20-15(17)18/h3-7,9,13,15,19H,2,8H2,1H3. The van der Waals surface area contributed by atoms with Gasteiger partial charge in [-0.05, 0) is 46.4 Å². The maximum Gasteiger partial charge on any atom is 0.387 e. The van der Waals surface area contributed by atoms with E-state index in [-0.39, 0.29) is 11.8 Å². The van der Waals surface area contributed by atoms with Gasteiger partial charge in [0.25, 0.3) is 0 Å². The summed E-state index contributed by atoms with van der Waals surface area (Å²) in [5.41, 5.74) is 0.717. The molecule has 114 valence electrons. The minimum absolute atomic E-state index is 0.172. The van der Waals surface area contributed by atoms with Gasteiger partial charge in [-0.25, -0.2) is 0 Å². The molecule has 1 unspecified atom stereocenters. The van der Waals surface area contributed by atoms with Crippen LogP contribution < -0.4 is 10.1 Å². The smallest absolute Gasteiger partial charge is 0.387 e. The molecule has 1 aromatic carbocycles. The number of nitrogens with one attached hydrogen (secondary N) is 1. The summed E-state index contributed by atoms with van der Waals surface area (Å²) in [7, 11) is 0. The molecule has 0 aliphatic heterocycles. The van der Waals surface area contributed by atoms with Gasteiger partial charge < -0.3 is 10.1 Å². The molecule has 6 heteroatoms. The highest BCUT2D eigenvalue weighted by molar-refractivity contribution is 9.10. The lowest BCUT2D eigenvalue weighted by Crippen LogP contribution is -2.23. The predicted molar refractivity (Wildman–Crippen MR) is 85.2 cm³/mol. The summed E-state index contributed by atoms with van der Waals surface area (Å²) >= 11 is 5.09. The number of alkyl halides is 2. The van der Waals surface area contributed by atoms with Crippen LogP contribution in [-0.2, 0) is 0 Å². The minimum Gasteiger partial charge on any atom is -0.434 e. The molecule has 2 nitrogen and oxygen atoms in total. The number of thiophene rings is 1. The Kier molecular flexibility index (Phi) is 6.14. The lowest BCUT2D eigenvalue weighted by Gasteiger charge is -2.21. The van der Waals surface area contributed by atoms with Crippen molar-refractivity contribution in [3.8, 4) is 5.75 Å². The van der Waals surface area contributed by atoms with Crippen LogP contribution in [0.2, 0.25) is 0 Å². The number of rotatable bonds is 7. The van der Waals surface area contributed by atoms with E-state index >= 15 is 0 Å². The van der Waals surface area contributed by atoms with E-state index in [1.54, 1.807) is 23.5 Å². The number of para-hydroxylation sites is 1. The highest BCUT2D eigenvalue weighted by Crippen LogP contribution is 2.37. The number of hydrogen-bond acceptors (Lipinski definition) is 3. The zero-order valence-corrected chi connectivity index (χ0v) is 13.9. The maximum atomic E-state index is 12.6. The Morgan fingerprint density at radius 1 is 1.29 bits per heavy atom. The van der Waals surface area contributed by atoms with Crippen LogP contribution in [0, 0.1) is 0 Å². The average Bonchev–Trinajstić information content (AvgIpc) is 2.87. The van der Waals surface area contributed by atoms with Gasteiger partial charge in [0.1, 0.15) is 5.75 Å². The van der Waals surface area contributed by atoms with Crippen molar-refractivity contribution in [2.24, 2.45) is 0 Å². The monoisotopic (exact) mass is 375 g/mol. The van der Waals surface area contributed by atoms with E-state index < -0.39 is 6.61 Å². The van der Waals surface area contributed by atoms with E-state index in [1.807, 2.05) is 23.6 Å². The molecule has 0 amide bonds. The first-order valence-electron chi connectivity index (χ1n) is 6.63. The summed E-state index contributed by atoms with van der Waals surface area (Å²) < 4.78 is 30.8. The Bertz CT molecular complexity index is 576. The molecule has 0 fully saturated rings. The highest BCUT2D eigenvalue weighted by atomic mass is 79.9. The Labute approximate surface area is 135 Å². The number of halogens is 3. The van der Waals surface area contributed by atoms with E-state index in [1.165, 1.54) is 0 Å². The summed E-state index contributed by atoms with van der Waals surface area (Å²) in [5, 5.41) is 5.37. The molecule has 2 aromatic rings. The fourth-order valence-electron chi connectivity index (χ4n) is 2.07. The van der Waals surface area contributed by atoms with E-state index in [0.29, 0.717) is 0 Å². The number of hydrogen-bond donors (Lipinski definition) is 1. The van der Waals surface area contributed by atoms with Gasteiger partial charge in [0.2, 0.25) is 0 Å². The van der Waals surface area contributed by atoms with Crippen molar-refractivity contribution < 1.29 is 13.5 Å². The lowest BCUT2D eigenvalue weighted by molar-refractivity contribution is -0.0506. The molecule has 0 spiro atoms. The first-order chi connectivity index (χ1) is 10.1. The van der Waals surface area contributed by atoms with E-state index in [9.17, 15) is 8.78 Å². The van der Waals surface area contributed by atoms with Crippen molar-refractivity contribution in [3.05, 3.63) is 50.6 Å². The molecular formula is C15H16BrF2NOS. The third kappa shape index (κ3) is 4.25. The second-order valence-electron chi connectivity index (χ2n) is 4.44. The van der Waals surface area contributed by atoms with Gasteiger partial charge in [-0.15, -0.1) is 11.3 Å². The van der Waals surface area contributed by atoms with Crippen LogP contribution in [0.5, 0.6) is 5.75 Å². The van der Waals surface area contributed by atoms with Gasteiger partial charge in [0.15, 0.2) is 0 Å². The van der Waals surface area contributed by atoms with Crippen molar-refractivity contribution in [2.45, 2.75) is 26.0 Å². The van der Waals surface area contributed by atoms with Crippen LogP contribution in [0.4, 0.5) is 8.78 Å². The van der Waals surface area contributed by atoms with Gasteiger partial charge in [0.05, 0.1) is 6.04 Å². The van der Waals surface area contributed by atoms with Gasteiger partial charge in [-0.3, -0.25) is 0 Å². The largest absolute Gasteiger partial charge is 0.434 e. The number of benzene rings is 1. The van der Waals surface area contributed by atoms with E-state index in [0.717, 1.165) is 27.9 Å². The summed E-state index contributed by atoms with van der Waals surface area (Å²) in [5.74, 6) is 0.210. The second kappa shape index (κ2) is 7.87. The topological polar surface area (TPSA) is 21.3 Å². The van der Waals surface area contributed by atoms with Gasteiger partial charge >= 0.3 is 6.61 Å². The molecule has 2 rings (SSSR count). The van der Waals surface area contributed by atoms with Crippen LogP contribution >= 0.6 is 27.3 Å². The molecule has 1 atom stereocenters. The molecule has 0 radical (unpaired) electrons. The molecule has 1 aromatic heterocycles. The quantitative estimate of drug-likeness (QED) is 0.717. The molecule has 0 saturated heterocycles. The summed E-state index contributed by atoms with van der Waals surface area (Å²) in [6.45, 7) is 0.0253. The van der Waals surface area contributed by atoms with Crippen molar-refractivity contribution in [3.63, 3.8) is 0 Å². The van der Waals surface area contributed by atoms with Crippen LogP contribution in [0.3, 0.4) is 0 Å². The van der Waals surface area contributed by atoms with Crippen LogP contribution in [0.15, 0.2) is 40.2 Å². The fourth-order valence-corrected chi connectivity index (χ4v) is 3.76. The fraction of sp³-hybridized carbons (Fsp3) is 0.333. The zero-order valence-electron chi connectivity index (χ0n) is 11.5. The Morgan fingerprint density at radius 3 is 2.67 bits per heavy atom. The van der Waals surface area contributed by atoms with Crippen LogP contribution in [0.25, 0.3) is 0 Å². The van der Waals surface area contributed by atoms with Crippen LogP contribution in [0.1, 0.15) is 29.8 Å². The van der Waals surface area contributed by atoms with Crippen molar-refractivity contribution in [2.75, 3.05) is 6.54 Å². The number of ether oxygens (including phenoxy) is 1. The third-order valence-electron chi connectivity index (χ3n) is 2.95. The average molecular weight is 376 g/mol. The predicted octanol–water partition coefficient (Wildman–Crippen LogP) is 5.20. The van der Waals surface area contributed by atoms with Crippen molar-refractivity contribution in [1.29, 1.82) is 0 Å². The van der Waals surface area contributed by atoms with Crippen molar-refractivity contribution >= 4 is 27.3 Å².